The zero-order chi connectivity index (χ0) is 20.2. The summed E-state index contributed by atoms with van der Waals surface area (Å²) in [6.45, 7) is 6.68. The highest BCUT2D eigenvalue weighted by molar-refractivity contribution is 5.92. The maximum absolute atomic E-state index is 12.5. The summed E-state index contributed by atoms with van der Waals surface area (Å²) in [6, 6.07) is 0. The van der Waals surface area contributed by atoms with Gasteiger partial charge >= 0.3 is 11.9 Å². The minimum atomic E-state index is -0.751. The second kappa shape index (κ2) is 6.81. The van der Waals surface area contributed by atoms with Crippen molar-refractivity contribution in [3.8, 4) is 0 Å². The molecule has 0 bridgehead atoms. The Morgan fingerprint density at radius 2 is 2.21 bits per heavy atom. The SMILES string of the molecule is C=C1C(=O)O[C@@H]2/C=C(\CO)[C@@H]3O[C@@H]3[C@@H]3OC3(C)C[C@@H](OC(=O)/C(=C\C)CO)[C@@H]12. The predicted octanol–water partition coefficient (Wildman–Crippen LogP) is 0.182. The largest absolute Gasteiger partial charge is 0.458 e. The van der Waals surface area contributed by atoms with Crippen molar-refractivity contribution in [2.45, 2.75) is 56.4 Å². The second-order valence-corrected chi connectivity index (χ2v) is 7.81. The Bertz CT molecular complexity index is 783. The molecule has 0 amide bonds. The molecule has 3 heterocycles. The van der Waals surface area contributed by atoms with Gasteiger partial charge in [0.25, 0.3) is 0 Å². The standard InChI is InChI=1S/C20H24O8/c1-4-10(7-21)19(24)26-13-6-20(3)17(28-20)16-15(27-16)11(8-22)5-12-14(13)9(2)18(23)25-12/h4-5,12-17,21-22H,2,6-8H2,1,3H3/b10-4-,11-5+/t12-,13-,14+,15+,16+,17+,20?/m1/s1. The van der Waals surface area contributed by atoms with Gasteiger partial charge in [-0.1, -0.05) is 12.7 Å². The summed E-state index contributed by atoms with van der Waals surface area (Å²) in [5.41, 5.74) is 0.350. The number of carbonyl (C=O) groups excluding carboxylic acids is 2. The van der Waals surface area contributed by atoms with Gasteiger partial charge in [0, 0.05) is 12.0 Å². The second-order valence-electron chi connectivity index (χ2n) is 7.81. The predicted molar refractivity (Wildman–Crippen MR) is 95.0 cm³/mol. The monoisotopic (exact) mass is 392 g/mol. The van der Waals surface area contributed by atoms with E-state index in [1.807, 2.05) is 6.92 Å². The van der Waals surface area contributed by atoms with Gasteiger partial charge in [-0.05, 0) is 25.5 Å². The van der Waals surface area contributed by atoms with E-state index in [0.717, 1.165) is 0 Å². The summed E-state index contributed by atoms with van der Waals surface area (Å²) < 4.78 is 22.7. The van der Waals surface area contributed by atoms with Crippen LogP contribution < -0.4 is 0 Å². The van der Waals surface area contributed by atoms with Crippen LogP contribution in [0.25, 0.3) is 0 Å². The Labute approximate surface area is 162 Å². The molecule has 28 heavy (non-hydrogen) atoms. The first-order valence-electron chi connectivity index (χ1n) is 9.34. The van der Waals surface area contributed by atoms with Crippen molar-refractivity contribution >= 4 is 11.9 Å². The summed E-state index contributed by atoms with van der Waals surface area (Å²) in [7, 11) is 0. The zero-order valence-electron chi connectivity index (χ0n) is 15.8. The molecule has 3 fully saturated rings. The number of carbonyl (C=O) groups is 2. The lowest BCUT2D eigenvalue weighted by Crippen LogP contribution is -2.38. The molecule has 8 heteroatoms. The molecule has 1 aliphatic carbocycles. The number of fused-ring (bicyclic) bond motifs is 4. The summed E-state index contributed by atoms with van der Waals surface area (Å²) in [4.78, 5) is 24.7. The third-order valence-corrected chi connectivity index (χ3v) is 6.00. The topological polar surface area (TPSA) is 118 Å². The molecule has 1 unspecified atom stereocenters. The Balaban J connectivity index is 1.70. The van der Waals surface area contributed by atoms with Gasteiger partial charge in [-0.3, -0.25) is 0 Å². The fraction of sp³-hybridized carbons (Fsp3) is 0.600. The molecule has 2 N–H and O–H groups in total. The van der Waals surface area contributed by atoms with Crippen molar-refractivity contribution in [3.05, 3.63) is 35.5 Å². The van der Waals surface area contributed by atoms with Gasteiger partial charge in [0.1, 0.15) is 30.5 Å². The fourth-order valence-corrected chi connectivity index (χ4v) is 4.24. The maximum atomic E-state index is 12.5. The van der Waals surface area contributed by atoms with Crippen LogP contribution in [0.4, 0.5) is 0 Å². The van der Waals surface area contributed by atoms with Crippen LogP contribution in [0.5, 0.6) is 0 Å². The first-order valence-corrected chi connectivity index (χ1v) is 9.34. The van der Waals surface area contributed by atoms with E-state index in [1.54, 1.807) is 13.0 Å². The van der Waals surface area contributed by atoms with E-state index in [4.69, 9.17) is 18.9 Å². The Kier molecular flexibility index (Phi) is 4.70. The maximum Gasteiger partial charge on any atom is 0.336 e. The molecule has 7 atom stereocenters. The van der Waals surface area contributed by atoms with Crippen molar-refractivity contribution < 1.29 is 38.7 Å². The van der Waals surface area contributed by atoms with Crippen LogP contribution in [0, 0.1) is 5.92 Å². The van der Waals surface area contributed by atoms with Crippen molar-refractivity contribution in [3.63, 3.8) is 0 Å². The Morgan fingerprint density at radius 3 is 2.86 bits per heavy atom. The molecule has 152 valence electrons. The minimum absolute atomic E-state index is 0.125. The van der Waals surface area contributed by atoms with Crippen LogP contribution in [0.2, 0.25) is 0 Å². The van der Waals surface area contributed by atoms with Gasteiger partial charge < -0.3 is 29.2 Å². The van der Waals surface area contributed by atoms with Crippen LogP contribution in [-0.4, -0.2) is 71.5 Å². The molecule has 0 aromatic carbocycles. The quantitative estimate of drug-likeness (QED) is 0.301. The van der Waals surface area contributed by atoms with Crippen molar-refractivity contribution in [2.24, 2.45) is 5.92 Å². The van der Waals surface area contributed by atoms with Gasteiger partial charge in [0.15, 0.2) is 0 Å². The number of hydrogen-bond donors (Lipinski definition) is 2. The number of ether oxygens (including phenoxy) is 4. The number of aliphatic hydroxyl groups excluding tert-OH is 2. The van der Waals surface area contributed by atoms with E-state index in [0.29, 0.717) is 12.0 Å². The number of allylic oxidation sites excluding steroid dienone is 1. The molecule has 0 aromatic rings. The summed E-state index contributed by atoms with van der Waals surface area (Å²) in [5.74, 6) is -1.85. The zero-order valence-corrected chi connectivity index (χ0v) is 15.8. The van der Waals surface area contributed by atoms with Gasteiger partial charge in [-0.15, -0.1) is 0 Å². The lowest BCUT2D eigenvalue weighted by atomic mass is 9.82. The van der Waals surface area contributed by atoms with Gasteiger partial charge in [-0.2, -0.15) is 0 Å². The molecular formula is C20H24O8. The van der Waals surface area contributed by atoms with Gasteiger partial charge in [0.2, 0.25) is 0 Å². The third-order valence-electron chi connectivity index (χ3n) is 6.00. The van der Waals surface area contributed by atoms with Crippen LogP contribution in [0.3, 0.4) is 0 Å². The fourth-order valence-electron chi connectivity index (χ4n) is 4.24. The number of esters is 2. The smallest absolute Gasteiger partial charge is 0.336 e. The summed E-state index contributed by atoms with van der Waals surface area (Å²) in [6.07, 6.45) is 1.36. The van der Waals surface area contributed by atoms with E-state index in [-0.39, 0.29) is 36.1 Å². The number of rotatable bonds is 4. The molecule has 0 saturated carbocycles. The van der Waals surface area contributed by atoms with Crippen molar-refractivity contribution in [1.29, 1.82) is 0 Å². The van der Waals surface area contributed by atoms with E-state index in [1.165, 1.54) is 6.08 Å². The first kappa shape index (κ1) is 19.3. The first-order chi connectivity index (χ1) is 13.3. The molecular weight excluding hydrogens is 368 g/mol. The number of epoxide rings is 2. The molecule has 3 saturated heterocycles. The third kappa shape index (κ3) is 3.10. The average Bonchev–Trinajstić information content (AvgIpc) is 3.53. The molecule has 0 radical (unpaired) electrons. The van der Waals surface area contributed by atoms with E-state index >= 15 is 0 Å². The van der Waals surface area contributed by atoms with Crippen LogP contribution in [-0.2, 0) is 28.5 Å². The van der Waals surface area contributed by atoms with E-state index < -0.39 is 42.3 Å². The normalized spacial score (nSPS) is 43.7. The highest BCUT2D eigenvalue weighted by atomic mass is 16.7. The Morgan fingerprint density at radius 1 is 1.46 bits per heavy atom. The van der Waals surface area contributed by atoms with Crippen LogP contribution in [0.1, 0.15) is 20.3 Å². The summed E-state index contributed by atoms with van der Waals surface area (Å²) in [5, 5.41) is 19.1. The van der Waals surface area contributed by atoms with Crippen molar-refractivity contribution in [1.82, 2.24) is 0 Å². The lowest BCUT2D eigenvalue weighted by Gasteiger charge is -2.28. The molecule has 0 aromatic heterocycles. The molecule has 3 aliphatic heterocycles. The lowest BCUT2D eigenvalue weighted by molar-refractivity contribution is -0.148. The average molecular weight is 392 g/mol. The van der Waals surface area contributed by atoms with Crippen LogP contribution >= 0.6 is 0 Å². The molecule has 4 aliphatic rings. The highest BCUT2D eigenvalue weighted by Gasteiger charge is 2.67. The number of hydrogen-bond acceptors (Lipinski definition) is 8. The van der Waals surface area contributed by atoms with E-state index in [9.17, 15) is 19.8 Å². The van der Waals surface area contributed by atoms with Gasteiger partial charge in [0.05, 0.1) is 30.3 Å². The highest BCUT2D eigenvalue weighted by Crippen LogP contribution is 2.53. The number of aliphatic hydroxyl groups is 2. The summed E-state index contributed by atoms with van der Waals surface area (Å²) >= 11 is 0. The molecule has 8 nitrogen and oxygen atoms in total. The Hall–Kier alpha value is -2.00. The minimum Gasteiger partial charge on any atom is -0.458 e. The molecule has 0 spiro atoms. The van der Waals surface area contributed by atoms with Gasteiger partial charge in [-0.25, -0.2) is 9.59 Å². The van der Waals surface area contributed by atoms with Crippen molar-refractivity contribution in [2.75, 3.05) is 13.2 Å². The molecule has 4 rings (SSSR count). The van der Waals surface area contributed by atoms with E-state index in [2.05, 4.69) is 6.58 Å². The van der Waals surface area contributed by atoms with Crippen LogP contribution in [0.15, 0.2) is 35.5 Å².